The van der Waals surface area contributed by atoms with Crippen molar-refractivity contribution in [3.63, 3.8) is 0 Å². The van der Waals surface area contributed by atoms with Crippen LogP contribution in [0, 0.1) is 5.92 Å². The Bertz CT molecular complexity index is 502. The molecule has 0 radical (unpaired) electrons. The van der Waals surface area contributed by atoms with Gasteiger partial charge >= 0.3 is 0 Å². The number of carbonyl (C=O) groups excluding carboxylic acids is 2. The molecule has 0 spiro atoms. The molecule has 2 amide bonds. The van der Waals surface area contributed by atoms with Crippen LogP contribution in [-0.2, 0) is 16.1 Å². The summed E-state index contributed by atoms with van der Waals surface area (Å²) < 4.78 is 0. The molecular weight excluding hydrogens is 339 g/mol. The summed E-state index contributed by atoms with van der Waals surface area (Å²) in [6, 6.07) is 3.68. The van der Waals surface area contributed by atoms with Gasteiger partial charge in [0.1, 0.15) is 0 Å². The van der Waals surface area contributed by atoms with Crippen LogP contribution in [0.2, 0.25) is 0 Å². The van der Waals surface area contributed by atoms with Crippen molar-refractivity contribution in [3.8, 4) is 0 Å². The SMILES string of the molecule is CC(=O)N1C[C@@H](N)CC[C@@H](C(=O)NCc2ccncc2)C1.Cl.Cl. The van der Waals surface area contributed by atoms with Crippen LogP contribution >= 0.6 is 24.8 Å². The Morgan fingerprint density at radius 3 is 2.52 bits per heavy atom. The fraction of sp³-hybridized carbons (Fsp3) is 0.533. The van der Waals surface area contributed by atoms with E-state index in [1.807, 2.05) is 12.1 Å². The van der Waals surface area contributed by atoms with Crippen LogP contribution in [0.25, 0.3) is 0 Å². The molecule has 130 valence electrons. The summed E-state index contributed by atoms with van der Waals surface area (Å²) in [5.41, 5.74) is 6.96. The van der Waals surface area contributed by atoms with Gasteiger partial charge < -0.3 is 16.0 Å². The first-order valence-electron chi connectivity index (χ1n) is 7.24. The maximum absolute atomic E-state index is 12.3. The van der Waals surface area contributed by atoms with Gasteiger partial charge in [-0.1, -0.05) is 0 Å². The lowest BCUT2D eigenvalue weighted by Gasteiger charge is -2.23. The number of likely N-dealkylation sites (tertiary alicyclic amines) is 1. The second kappa shape index (κ2) is 10.4. The standard InChI is InChI=1S/C15H22N4O2.2ClH/c1-11(20)19-9-13(2-3-14(16)10-19)15(21)18-8-12-4-6-17-7-5-12;;/h4-7,13-14H,2-3,8-10,16H2,1H3,(H,18,21);2*1H/t13-,14+;;/m1../s1. The molecule has 0 aliphatic carbocycles. The van der Waals surface area contributed by atoms with E-state index in [-0.39, 0.29) is 48.6 Å². The van der Waals surface area contributed by atoms with Crippen molar-refractivity contribution in [2.45, 2.75) is 32.4 Å². The number of hydrogen-bond acceptors (Lipinski definition) is 4. The Morgan fingerprint density at radius 1 is 1.26 bits per heavy atom. The molecule has 1 aromatic rings. The summed E-state index contributed by atoms with van der Waals surface area (Å²) in [5, 5.41) is 2.93. The number of nitrogens with zero attached hydrogens (tertiary/aromatic N) is 2. The molecule has 3 N–H and O–H groups in total. The molecule has 1 aromatic heterocycles. The molecule has 2 heterocycles. The van der Waals surface area contributed by atoms with Gasteiger partial charge in [0.25, 0.3) is 0 Å². The first-order valence-corrected chi connectivity index (χ1v) is 7.24. The van der Waals surface area contributed by atoms with Crippen molar-refractivity contribution in [3.05, 3.63) is 30.1 Å². The Kier molecular flexibility index (Phi) is 9.79. The minimum atomic E-state index is -0.190. The fourth-order valence-electron chi connectivity index (χ4n) is 2.53. The third-order valence-corrected chi connectivity index (χ3v) is 3.81. The van der Waals surface area contributed by atoms with Gasteiger partial charge in [-0.2, -0.15) is 0 Å². The minimum Gasteiger partial charge on any atom is -0.352 e. The van der Waals surface area contributed by atoms with E-state index >= 15 is 0 Å². The van der Waals surface area contributed by atoms with Gasteiger partial charge in [-0.15, -0.1) is 24.8 Å². The highest BCUT2D eigenvalue weighted by Crippen LogP contribution is 2.16. The second-order valence-electron chi connectivity index (χ2n) is 5.53. The van der Waals surface area contributed by atoms with E-state index in [4.69, 9.17) is 5.73 Å². The van der Waals surface area contributed by atoms with Crippen LogP contribution in [0.1, 0.15) is 25.3 Å². The van der Waals surface area contributed by atoms with E-state index < -0.39 is 0 Å². The monoisotopic (exact) mass is 362 g/mol. The lowest BCUT2D eigenvalue weighted by Crippen LogP contribution is -2.42. The van der Waals surface area contributed by atoms with E-state index in [0.29, 0.717) is 26.1 Å². The van der Waals surface area contributed by atoms with Crippen molar-refractivity contribution in [2.75, 3.05) is 13.1 Å². The second-order valence-corrected chi connectivity index (χ2v) is 5.53. The molecule has 0 aromatic carbocycles. The van der Waals surface area contributed by atoms with Gasteiger partial charge in [0.15, 0.2) is 0 Å². The van der Waals surface area contributed by atoms with Gasteiger partial charge in [-0.25, -0.2) is 0 Å². The zero-order chi connectivity index (χ0) is 15.2. The van der Waals surface area contributed by atoms with Gasteiger partial charge in [0, 0.05) is 45.0 Å². The third-order valence-electron chi connectivity index (χ3n) is 3.81. The quantitative estimate of drug-likeness (QED) is 0.843. The highest BCUT2D eigenvalue weighted by atomic mass is 35.5. The van der Waals surface area contributed by atoms with E-state index in [9.17, 15) is 9.59 Å². The van der Waals surface area contributed by atoms with Crippen LogP contribution in [0.5, 0.6) is 0 Å². The lowest BCUT2D eigenvalue weighted by atomic mass is 10.0. The topological polar surface area (TPSA) is 88.3 Å². The third kappa shape index (κ3) is 6.72. The molecule has 1 aliphatic rings. The smallest absolute Gasteiger partial charge is 0.225 e. The molecule has 23 heavy (non-hydrogen) atoms. The molecule has 6 nitrogen and oxygen atoms in total. The van der Waals surface area contributed by atoms with E-state index in [1.54, 1.807) is 17.3 Å². The zero-order valence-electron chi connectivity index (χ0n) is 13.1. The molecule has 1 fully saturated rings. The van der Waals surface area contributed by atoms with Crippen molar-refractivity contribution < 1.29 is 9.59 Å². The van der Waals surface area contributed by atoms with E-state index in [2.05, 4.69) is 10.3 Å². The average molecular weight is 363 g/mol. The Morgan fingerprint density at radius 2 is 1.91 bits per heavy atom. The van der Waals surface area contributed by atoms with Crippen LogP contribution < -0.4 is 11.1 Å². The Balaban J connectivity index is 0.00000242. The summed E-state index contributed by atoms with van der Waals surface area (Å²) in [4.78, 5) is 29.5. The van der Waals surface area contributed by atoms with Crippen LogP contribution in [0.4, 0.5) is 0 Å². The Hall–Kier alpha value is -1.37. The lowest BCUT2D eigenvalue weighted by molar-refractivity contribution is -0.131. The van der Waals surface area contributed by atoms with Crippen LogP contribution in [0.3, 0.4) is 0 Å². The van der Waals surface area contributed by atoms with Crippen LogP contribution in [-0.4, -0.2) is 40.8 Å². The molecule has 2 atom stereocenters. The summed E-state index contributed by atoms with van der Waals surface area (Å²) in [6.45, 7) is 2.97. The number of amides is 2. The molecule has 0 bridgehead atoms. The highest BCUT2D eigenvalue weighted by Gasteiger charge is 2.28. The molecule has 2 rings (SSSR count). The molecule has 1 aliphatic heterocycles. The molecule has 1 saturated heterocycles. The maximum Gasteiger partial charge on any atom is 0.225 e. The van der Waals surface area contributed by atoms with Crippen molar-refractivity contribution in [2.24, 2.45) is 11.7 Å². The number of carbonyl (C=O) groups is 2. The Labute approximate surface area is 149 Å². The predicted octanol–water partition coefficient (Wildman–Crippen LogP) is 1.13. The molecule has 8 heteroatoms. The number of nitrogens with two attached hydrogens (primary N) is 1. The summed E-state index contributed by atoms with van der Waals surface area (Å²) >= 11 is 0. The number of nitrogens with one attached hydrogen (secondary N) is 1. The average Bonchev–Trinajstić information content (AvgIpc) is 2.68. The van der Waals surface area contributed by atoms with Crippen molar-refractivity contribution in [1.29, 1.82) is 0 Å². The highest BCUT2D eigenvalue weighted by molar-refractivity contribution is 5.85. The van der Waals surface area contributed by atoms with Crippen molar-refractivity contribution >= 4 is 36.6 Å². The largest absolute Gasteiger partial charge is 0.352 e. The number of hydrogen-bond donors (Lipinski definition) is 2. The fourth-order valence-corrected chi connectivity index (χ4v) is 2.53. The molecule has 0 saturated carbocycles. The number of aromatic nitrogens is 1. The summed E-state index contributed by atoms with van der Waals surface area (Å²) in [6.07, 6.45) is 4.87. The van der Waals surface area contributed by atoms with E-state index in [0.717, 1.165) is 12.0 Å². The molecule has 0 unspecified atom stereocenters. The van der Waals surface area contributed by atoms with Gasteiger partial charge in [0.05, 0.1) is 5.92 Å². The normalized spacial score (nSPS) is 20.5. The van der Waals surface area contributed by atoms with E-state index in [1.165, 1.54) is 6.92 Å². The predicted molar refractivity (Wildman–Crippen MR) is 93.5 cm³/mol. The minimum absolute atomic E-state index is 0. The molecular formula is C15H24Cl2N4O2. The van der Waals surface area contributed by atoms with Gasteiger partial charge in [-0.3, -0.25) is 14.6 Å². The first-order chi connectivity index (χ1) is 10.1. The number of rotatable bonds is 3. The zero-order valence-corrected chi connectivity index (χ0v) is 14.7. The summed E-state index contributed by atoms with van der Waals surface area (Å²) in [5.74, 6) is -0.240. The van der Waals surface area contributed by atoms with Gasteiger partial charge in [0.2, 0.25) is 11.8 Å². The van der Waals surface area contributed by atoms with Crippen molar-refractivity contribution in [1.82, 2.24) is 15.2 Å². The maximum atomic E-state index is 12.3. The number of pyridine rings is 1. The number of halogens is 2. The van der Waals surface area contributed by atoms with Crippen LogP contribution in [0.15, 0.2) is 24.5 Å². The summed E-state index contributed by atoms with van der Waals surface area (Å²) in [7, 11) is 0. The first kappa shape index (κ1) is 21.6. The van der Waals surface area contributed by atoms with Gasteiger partial charge in [-0.05, 0) is 30.5 Å².